The molecule has 1 aromatic carbocycles. The fourth-order valence-corrected chi connectivity index (χ4v) is 8.70. The predicted octanol–water partition coefficient (Wildman–Crippen LogP) is 2.77. The number of piperazine rings is 1. The number of hydrogen-bond donors (Lipinski definition) is 4. The van der Waals surface area contributed by atoms with Crippen molar-refractivity contribution < 1.29 is 38.3 Å². The van der Waals surface area contributed by atoms with Crippen LogP contribution in [0.2, 0.25) is 0 Å². The molecule has 0 aliphatic carbocycles. The Kier molecular flexibility index (Phi) is 20.7. The zero-order chi connectivity index (χ0) is 43.8. The Morgan fingerprint density at radius 2 is 1.53 bits per heavy atom. The van der Waals surface area contributed by atoms with Crippen LogP contribution >= 0.6 is 0 Å². The number of likely N-dealkylation sites (N-methyl/N-ethyl adjacent to an activating group) is 1. The molecule has 0 bridgehead atoms. The number of hydrogen-bond acceptors (Lipinski definition) is 10. The largest absolute Gasteiger partial charge is 0.379 e. The maximum atomic E-state index is 14.5. The van der Waals surface area contributed by atoms with Crippen LogP contribution in [0.25, 0.3) is 0 Å². The molecule has 2 aliphatic heterocycles. The summed E-state index contributed by atoms with van der Waals surface area (Å²) in [5, 5.41) is 9.38. The predicted molar refractivity (Wildman–Crippen MR) is 228 cm³/mol. The quantitative estimate of drug-likeness (QED) is 0.120. The summed E-state index contributed by atoms with van der Waals surface area (Å²) >= 11 is 0. The number of ether oxygens (including phenoxy) is 2. The minimum atomic E-state index is -0.898. The van der Waals surface area contributed by atoms with Crippen molar-refractivity contribution in [3.63, 3.8) is 0 Å². The van der Waals surface area contributed by atoms with E-state index in [-0.39, 0.29) is 66.9 Å². The molecule has 1 aromatic rings. The second kappa shape index (κ2) is 24.6. The Balaban J connectivity index is 1.78. The lowest BCUT2D eigenvalue weighted by Gasteiger charge is -2.41. The minimum Gasteiger partial charge on any atom is -0.379 e. The average Bonchev–Trinajstić information content (AvgIpc) is 3.71. The average molecular weight is 830 g/mol. The fourth-order valence-electron chi connectivity index (χ4n) is 8.70. The standard InChI is InChI=1S/C44H75N7O8/c1-12-30(7)39(49(9)44(56)37(28(3)4)47-43(55)38(29(5)6)50-24-21-45-22-25-50)35(57-10)27-36(52)51-23-17-20-34(51)40(58-11)31(8)41(53)46-33(42(54)48-59-13-2)26-32-18-15-14-16-19-32/h14-16,18-19,28-31,33-35,37-40,45H,12-13,17,20-27H2,1-11H3,(H,46,53)(H,47,55)(H,48,54)/t30-,31+,33-,34-,35?,37-,38-,39-,40+/m0/s1. The molecule has 15 nitrogen and oxygen atoms in total. The van der Waals surface area contributed by atoms with Crippen molar-refractivity contribution in [2.75, 3.05) is 60.6 Å². The third-order valence-corrected chi connectivity index (χ3v) is 12.2. The molecule has 2 saturated heterocycles. The number of methoxy groups -OCH3 is 2. The van der Waals surface area contributed by atoms with E-state index in [9.17, 15) is 24.0 Å². The first kappa shape index (κ1) is 49.7. The number of rotatable bonds is 23. The van der Waals surface area contributed by atoms with Gasteiger partial charge in [0.2, 0.25) is 23.6 Å². The number of nitrogens with one attached hydrogen (secondary N) is 4. The van der Waals surface area contributed by atoms with Crippen LogP contribution in [-0.2, 0) is 44.7 Å². The maximum absolute atomic E-state index is 14.5. The highest BCUT2D eigenvalue weighted by Gasteiger charge is 2.43. The highest BCUT2D eigenvalue weighted by molar-refractivity contribution is 5.90. The molecule has 0 aromatic heterocycles. The van der Waals surface area contributed by atoms with Crippen molar-refractivity contribution in [2.24, 2.45) is 23.7 Å². The maximum Gasteiger partial charge on any atom is 0.266 e. The van der Waals surface area contributed by atoms with E-state index in [0.29, 0.717) is 13.0 Å². The van der Waals surface area contributed by atoms with E-state index in [1.165, 1.54) is 7.11 Å². The van der Waals surface area contributed by atoms with Crippen molar-refractivity contribution in [3.05, 3.63) is 35.9 Å². The first-order chi connectivity index (χ1) is 28.1. The van der Waals surface area contributed by atoms with Crippen LogP contribution in [-0.4, -0.2) is 147 Å². The van der Waals surface area contributed by atoms with Crippen molar-refractivity contribution in [1.82, 2.24) is 36.1 Å². The molecule has 2 fully saturated rings. The Bertz CT molecular complexity index is 1480. The van der Waals surface area contributed by atoms with Gasteiger partial charge in [0.15, 0.2) is 0 Å². The second-order valence-corrected chi connectivity index (χ2v) is 16.9. The van der Waals surface area contributed by atoms with E-state index in [0.717, 1.165) is 44.6 Å². The highest BCUT2D eigenvalue weighted by atomic mass is 16.6. The molecule has 4 N–H and O–H groups in total. The number of hydroxylamine groups is 1. The van der Waals surface area contributed by atoms with Gasteiger partial charge in [0.25, 0.3) is 5.91 Å². The van der Waals surface area contributed by atoms with E-state index in [1.54, 1.807) is 37.8 Å². The number of benzene rings is 1. The number of carbonyl (C=O) groups is 5. The van der Waals surface area contributed by atoms with Crippen LogP contribution in [0.5, 0.6) is 0 Å². The minimum absolute atomic E-state index is 0.00448. The summed E-state index contributed by atoms with van der Waals surface area (Å²) < 4.78 is 12.0. The molecule has 1 unspecified atom stereocenters. The molecule has 334 valence electrons. The van der Waals surface area contributed by atoms with Crippen molar-refractivity contribution in [1.29, 1.82) is 0 Å². The van der Waals surface area contributed by atoms with E-state index >= 15 is 0 Å². The van der Waals surface area contributed by atoms with Crippen LogP contribution in [0.15, 0.2) is 30.3 Å². The highest BCUT2D eigenvalue weighted by Crippen LogP contribution is 2.30. The molecule has 5 amide bonds. The lowest BCUT2D eigenvalue weighted by Crippen LogP contribution is -2.61. The first-order valence-electron chi connectivity index (χ1n) is 21.7. The van der Waals surface area contributed by atoms with Gasteiger partial charge in [-0.2, -0.15) is 0 Å². The summed E-state index contributed by atoms with van der Waals surface area (Å²) in [5.41, 5.74) is 3.29. The third-order valence-electron chi connectivity index (χ3n) is 12.2. The Morgan fingerprint density at radius 1 is 0.864 bits per heavy atom. The lowest BCUT2D eigenvalue weighted by atomic mass is 9.89. The summed E-state index contributed by atoms with van der Waals surface area (Å²) in [6.45, 7) is 19.4. The third kappa shape index (κ3) is 13.7. The summed E-state index contributed by atoms with van der Waals surface area (Å²) in [4.78, 5) is 80.4. The Morgan fingerprint density at radius 3 is 2.08 bits per heavy atom. The zero-order valence-corrected chi connectivity index (χ0v) is 37.6. The van der Waals surface area contributed by atoms with E-state index < -0.39 is 48.2 Å². The number of likely N-dealkylation sites (tertiary alicyclic amines) is 1. The van der Waals surface area contributed by atoms with Crippen LogP contribution in [0.4, 0.5) is 0 Å². The van der Waals surface area contributed by atoms with Gasteiger partial charge in [-0.05, 0) is 43.1 Å². The topological polar surface area (TPSA) is 171 Å². The molecule has 9 atom stereocenters. The van der Waals surface area contributed by atoms with Crippen LogP contribution < -0.4 is 21.4 Å². The SMILES string of the molecule is CCONC(=O)[C@H](Cc1ccccc1)NC(=O)[C@H](C)[C@@H](OC)[C@@H]1CCCN1C(=O)CC(OC)[C@H]([C@@H](C)CC)N(C)C(=O)[C@@H](NC(=O)[C@H](C(C)C)N1CCNCC1)C(C)C. The van der Waals surface area contributed by atoms with Gasteiger partial charge in [0, 0.05) is 60.4 Å². The summed E-state index contributed by atoms with van der Waals surface area (Å²) in [6, 6.07) is 6.51. The van der Waals surface area contributed by atoms with E-state index in [4.69, 9.17) is 14.3 Å². The Hall–Kier alpha value is -3.63. The smallest absolute Gasteiger partial charge is 0.266 e. The second-order valence-electron chi connectivity index (χ2n) is 16.9. The molecule has 2 heterocycles. The number of carbonyl (C=O) groups excluding carboxylic acids is 5. The van der Waals surface area contributed by atoms with Crippen molar-refractivity contribution in [2.45, 2.75) is 130 Å². The molecular formula is C44H75N7O8. The summed E-state index contributed by atoms with van der Waals surface area (Å²) in [6.07, 6.45) is 1.04. The zero-order valence-electron chi connectivity index (χ0n) is 37.6. The molecule has 0 saturated carbocycles. The summed E-state index contributed by atoms with van der Waals surface area (Å²) in [5.74, 6) is -2.27. The lowest BCUT2D eigenvalue weighted by molar-refractivity contribution is -0.148. The van der Waals surface area contributed by atoms with Gasteiger partial charge in [0.05, 0.1) is 49.3 Å². The number of amides is 5. The Labute approximate surface area is 353 Å². The monoisotopic (exact) mass is 830 g/mol. The molecular weight excluding hydrogens is 755 g/mol. The van der Waals surface area contributed by atoms with Crippen LogP contribution in [0.3, 0.4) is 0 Å². The van der Waals surface area contributed by atoms with Crippen LogP contribution in [0.1, 0.15) is 86.6 Å². The molecule has 0 radical (unpaired) electrons. The normalized spacial score (nSPS) is 20.2. The van der Waals surface area contributed by atoms with Gasteiger partial charge in [-0.25, -0.2) is 5.48 Å². The fraction of sp³-hybridized carbons (Fsp3) is 0.750. The van der Waals surface area contributed by atoms with Crippen molar-refractivity contribution >= 4 is 29.5 Å². The van der Waals surface area contributed by atoms with Gasteiger partial charge < -0.3 is 35.2 Å². The van der Waals surface area contributed by atoms with Crippen molar-refractivity contribution in [3.8, 4) is 0 Å². The molecule has 15 heteroatoms. The molecule has 59 heavy (non-hydrogen) atoms. The van der Waals surface area contributed by atoms with Gasteiger partial charge >= 0.3 is 0 Å². The van der Waals surface area contributed by atoms with Gasteiger partial charge in [-0.15, -0.1) is 0 Å². The molecule has 0 spiro atoms. The molecule has 3 rings (SSSR count). The van der Waals surface area contributed by atoms with E-state index in [1.807, 2.05) is 71.9 Å². The summed E-state index contributed by atoms with van der Waals surface area (Å²) in [7, 11) is 4.84. The van der Waals surface area contributed by atoms with E-state index in [2.05, 4.69) is 26.3 Å². The van der Waals surface area contributed by atoms with Gasteiger partial charge in [0.1, 0.15) is 12.1 Å². The molecule has 2 aliphatic rings. The first-order valence-corrected chi connectivity index (χ1v) is 21.7. The van der Waals surface area contributed by atoms with Crippen LogP contribution in [0, 0.1) is 23.7 Å². The van der Waals surface area contributed by atoms with Gasteiger partial charge in [-0.1, -0.05) is 85.2 Å². The van der Waals surface area contributed by atoms with Gasteiger partial charge in [-0.3, -0.25) is 33.7 Å². The number of nitrogens with zero attached hydrogens (tertiary/aromatic N) is 3.